The first-order valence-electron chi connectivity index (χ1n) is 5.72. The van der Waals surface area contributed by atoms with Gasteiger partial charge in [-0.3, -0.25) is 4.79 Å². The molecule has 1 aliphatic heterocycles. The summed E-state index contributed by atoms with van der Waals surface area (Å²) in [5.74, 6) is 0.932. The van der Waals surface area contributed by atoms with E-state index in [-0.39, 0.29) is 6.04 Å². The van der Waals surface area contributed by atoms with Crippen LogP contribution in [0, 0.1) is 5.92 Å². The van der Waals surface area contributed by atoms with Crippen LogP contribution in [0.1, 0.15) is 24.8 Å². The number of para-hydroxylation sites is 1. The highest BCUT2D eigenvalue weighted by atomic mass is 16.1. The quantitative estimate of drug-likeness (QED) is 0.698. The van der Waals surface area contributed by atoms with E-state index in [2.05, 4.69) is 23.5 Å². The number of fused-ring (bicyclic) bond motifs is 2. The van der Waals surface area contributed by atoms with Gasteiger partial charge in [0.1, 0.15) is 0 Å². The summed E-state index contributed by atoms with van der Waals surface area (Å²) in [6.45, 7) is 0. The summed E-state index contributed by atoms with van der Waals surface area (Å²) >= 11 is 0. The van der Waals surface area contributed by atoms with Gasteiger partial charge in [-0.05, 0) is 36.8 Å². The molecule has 1 saturated carbocycles. The zero-order valence-electron chi connectivity index (χ0n) is 8.70. The van der Waals surface area contributed by atoms with Gasteiger partial charge in [-0.25, -0.2) is 0 Å². The van der Waals surface area contributed by atoms with E-state index in [0.717, 1.165) is 24.9 Å². The van der Waals surface area contributed by atoms with Crippen molar-refractivity contribution in [1.29, 1.82) is 0 Å². The molecule has 0 radical (unpaired) electrons. The van der Waals surface area contributed by atoms with Crippen LogP contribution in [0.2, 0.25) is 0 Å². The maximum absolute atomic E-state index is 11.8. The molecule has 2 unspecified atom stereocenters. The van der Waals surface area contributed by atoms with Gasteiger partial charge in [-0.1, -0.05) is 18.2 Å². The van der Waals surface area contributed by atoms with Crippen molar-refractivity contribution in [3.63, 3.8) is 0 Å². The summed E-state index contributed by atoms with van der Waals surface area (Å²) in [5, 5.41) is 3.40. The van der Waals surface area contributed by atoms with Crippen LogP contribution >= 0.6 is 0 Å². The minimum absolute atomic E-state index is 0.0913. The number of benzene rings is 1. The lowest BCUT2D eigenvalue weighted by Crippen LogP contribution is -2.43. The first-order chi connectivity index (χ1) is 7.34. The van der Waals surface area contributed by atoms with Crippen LogP contribution in [0.25, 0.3) is 0 Å². The number of carbonyl (C=O) groups excluding carboxylic acids is 1. The molecular formula is C13H15NO. The van der Waals surface area contributed by atoms with Gasteiger partial charge in [0.2, 0.25) is 0 Å². The number of Topliss-reactive ketones (excluding diaryl/α,β-unsaturated/α-hetero) is 1. The fraction of sp³-hybridized carbons (Fsp3) is 0.462. The van der Waals surface area contributed by atoms with Crippen molar-refractivity contribution in [1.82, 2.24) is 0 Å². The fourth-order valence-electron chi connectivity index (χ4n) is 2.83. The van der Waals surface area contributed by atoms with Gasteiger partial charge in [0, 0.05) is 12.1 Å². The Morgan fingerprint density at radius 1 is 1.27 bits per heavy atom. The van der Waals surface area contributed by atoms with Gasteiger partial charge in [-0.15, -0.1) is 0 Å². The Morgan fingerprint density at radius 3 is 3.07 bits per heavy atom. The Morgan fingerprint density at radius 2 is 2.13 bits per heavy atom. The smallest absolute Gasteiger partial charge is 0.155 e. The first-order valence-corrected chi connectivity index (χ1v) is 5.72. The minimum Gasteiger partial charge on any atom is -0.375 e. The lowest BCUT2D eigenvalue weighted by Gasteiger charge is -2.36. The van der Waals surface area contributed by atoms with Crippen LogP contribution in [0.15, 0.2) is 24.3 Å². The average molecular weight is 201 g/mol. The van der Waals surface area contributed by atoms with E-state index in [1.807, 2.05) is 6.07 Å². The molecule has 1 fully saturated rings. The molecule has 78 valence electrons. The molecule has 1 aliphatic carbocycles. The Bertz CT molecular complexity index is 399. The first kappa shape index (κ1) is 8.96. The Hall–Kier alpha value is -1.31. The van der Waals surface area contributed by atoms with Crippen LogP contribution in [-0.2, 0) is 11.2 Å². The highest BCUT2D eigenvalue weighted by Crippen LogP contribution is 2.34. The summed E-state index contributed by atoms with van der Waals surface area (Å²) in [6.07, 6.45) is 4.09. The molecule has 2 atom stereocenters. The molecule has 0 spiro atoms. The maximum atomic E-state index is 11.8. The second kappa shape index (κ2) is 3.37. The zero-order chi connectivity index (χ0) is 10.3. The average Bonchev–Trinajstić information content (AvgIpc) is 2.27. The molecule has 1 N–H and O–H groups in total. The van der Waals surface area contributed by atoms with E-state index < -0.39 is 0 Å². The number of ketones is 1. The lowest BCUT2D eigenvalue weighted by atomic mass is 9.77. The van der Waals surface area contributed by atoms with Crippen LogP contribution in [0.5, 0.6) is 0 Å². The SMILES string of the molecule is O=C1CCCC2Cc3ccccc3NC12. The van der Waals surface area contributed by atoms with E-state index in [9.17, 15) is 4.79 Å². The molecule has 0 bridgehead atoms. The second-order valence-corrected chi connectivity index (χ2v) is 4.60. The van der Waals surface area contributed by atoms with Crippen LogP contribution in [0.3, 0.4) is 0 Å². The van der Waals surface area contributed by atoms with Crippen LogP contribution < -0.4 is 5.32 Å². The van der Waals surface area contributed by atoms with Gasteiger partial charge in [0.05, 0.1) is 6.04 Å². The molecule has 3 rings (SSSR count). The van der Waals surface area contributed by atoms with E-state index in [0.29, 0.717) is 11.7 Å². The highest BCUT2D eigenvalue weighted by Gasteiger charge is 2.35. The van der Waals surface area contributed by atoms with E-state index in [1.54, 1.807) is 0 Å². The van der Waals surface area contributed by atoms with Crippen molar-refractivity contribution in [3.05, 3.63) is 29.8 Å². The second-order valence-electron chi connectivity index (χ2n) is 4.60. The molecular weight excluding hydrogens is 186 g/mol. The van der Waals surface area contributed by atoms with Gasteiger partial charge < -0.3 is 5.32 Å². The van der Waals surface area contributed by atoms with Crippen molar-refractivity contribution >= 4 is 11.5 Å². The van der Waals surface area contributed by atoms with E-state index in [1.165, 1.54) is 12.0 Å². The number of nitrogens with one attached hydrogen (secondary N) is 1. The predicted octanol–water partition coefficient (Wildman–Crippen LogP) is 2.39. The predicted molar refractivity (Wildman–Crippen MR) is 59.9 cm³/mol. The third-order valence-corrected chi connectivity index (χ3v) is 3.63. The summed E-state index contributed by atoms with van der Waals surface area (Å²) in [5.41, 5.74) is 2.53. The Kier molecular flexibility index (Phi) is 2.01. The van der Waals surface area contributed by atoms with Crippen molar-refractivity contribution in [2.75, 3.05) is 5.32 Å². The fourth-order valence-corrected chi connectivity index (χ4v) is 2.83. The molecule has 2 nitrogen and oxygen atoms in total. The van der Waals surface area contributed by atoms with Crippen molar-refractivity contribution in [3.8, 4) is 0 Å². The summed E-state index contributed by atoms with van der Waals surface area (Å²) in [4.78, 5) is 11.8. The number of hydrogen-bond donors (Lipinski definition) is 1. The third kappa shape index (κ3) is 1.44. The summed E-state index contributed by atoms with van der Waals surface area (Å²) in [6, 6.07) is 8.43. The third-order valence-electron chi connectivity index (χ3n) is 3.63. The van der Waals surface area contributed by atoms with E-state index in [4.69, 9.17) is 0 Å². The molecule has 2 aliphatic rings. The van der Waals surface area contributed by atoms with E-state index >= 15 is 0 Å². The number of rotatable bonds is 0. The molecule has 1 heterocycles. The van der Waals surface area contributed by atoms with Crippen molar-refractivity contribution < 1.29 is 4.79 Å². The normalized spacial score (nSPS) is 28.9. The highest BCUT2D eigenvalue weighted by molar-refractivity contribution is 5.88. The minimum atomic E-state index is 0.0913. The van der Waals surface area contributed by atoms with Gasteiger partial charge in [0.25, 0.3) is 0 Å². The standard InChI is InChI=1S/C13H15NO/c15-12-7-3-5-10-8-9-4-1-2-6-11(9)14-13(10)12/h1-2,4,6,10,13-14H,3,5,7-8H2. The number of hydrogen-bond acceptors (Lipinski definition) is 2. The molecule has 0 aromatic heterocycles. The van der Waals surface area contributed by atoms with Crippen molar-refractivity contribution in [2.24, 2.45) is 5.92 Å². The molecule has 1 aromatic rings. The molecule has 0 amide bonds. The molecule has 2 heteroatoms. The topological polar surface area (TPSA) is 29.1 Å². The summed E-state index contributed by atoms with van der Waals surface area (Å²) in [7, 11) is 0. The summed E-state index contributed by atoms with van der Waals surface area (Å²) < 4.78 is 0. The molecule has 0 saturated heterocycles. The van der Waals surface area contributed by atoms with Gasteiger partial charge in [-0.2, -0.15) is 0 Å². The monoisotopic (exact) mass is 201 g/mol. The Labute approximate surface area is 89.7 Å². The van der Waals surface area contributed by atoms with Crippen LogP contribution in [0.4, 0.5) is 5.69 Å². The largest absolute Gasteiger partial charge is 0.375 e. The molecule has 15 heavy (non-hydrogen) atoms. The van der Waals surface area contributed by atoms with Gasteiger partial charge >= 0.3 is 0 Å². The lowest BCUT2D eigenvalue weighted by molar-refractivity contribution is -0.122. The van der Waals surface area contributed by atoms with Gasteiger partial charge in [0.15, 0.2) is 5.78 Å². The maximum Gasteiger partial charge on any atom is 0.155 e. The van der Waals surface area contributed by atoms with Crippen molar-refractivity contribution in [2.45, 2.75) is 31.7 Å². The zero-order valence-corrected chi connectivity index (χ0v) is 8.70. The number of carbonyl (C=O) groups is 1. The van der Waals surface area contributed by atoms with Crippen LogP contribution in [-0.4, -0.2) is 11.8 Å². The number of anilines is 1. The molecule has 1 aromatic carbocycles. The Balaban J connectivity index is 1.95.